The molecule has 2 aliphatic rings. The number of hydrazine groups is 1. The van der Waals surface area contributed by atoms with E-state index in [1.165, 1.54) is 17.0 Å². The van der Waals surface area contributed by atoms with Gasteiger partial charge in [-0.25, -0.2) is 15.5 Å². The van der Waals surface area contributed by atoms with Gasteiger partial charge >= 0.3 is 12.4 Å². The van der Waals surface area contributed by atoms with Gasteiger partial charge in [0, 0.05) is 31.7 Å². The summed E-state index contributed by atoms with van der Waals surface area (Å²) in [6, 6.07) is 20.3. The number of nitrogens with two attached hydrogens (primary N) is 2. The Morgan fingerprint density at radius 2 is 1.53 bits per heavy atom. The molecule has 2 fully saturated rings. The minimum atomic E-state index is -4.88. The number of nitrogens with one attached hydrogen (secondary N) is 2. The highest BCUT2D eigenvalue weighted by Gasteiger charge is 2.58. The molecule has 2 heterocycles. The number of carbonyl (C=O) groups is 3. The van der Waals surface area contributed by atoms with Gasteiger partial charge in [0.25, 0.3) is 11.8 Å². The van der Waals surface area contributed by atoms with E-state index in [0.717, 1.165) is 22.6 Å². The molecule has 6 N–H and O–H groups in total. The van der Waals surface area contributed by atoms with Crippen molar-refractivity contribution in [3.05, 3.63) is 95.6 Å². The van der Waals surface area contributed by atoms with Crippen LogP contribution in [0, 0.1) is 0 Å². The predicted octanol–water partition coefficient (Wildman–Crippen LogP) is 3.01. The van der Waals surface area contributed by atoms with Gasteiger partial charge in [0.1, 0.15) is 11.3 Å². The van der Waals surface area contributed by atoms with Crippen molar-refractivity contribution in [3.63, 3.8) is 0 Å². The molecular formula is C30H31F3N8O4. The molecule has 0 bridgehead atoms. The number of alkyl halides is 3. The molecule has 0 saturated carbocycles. The van der Waals surface area contributed by atoms with E-state index in [4.69, 9.17) is 11.7 Å². The van der Waals surface area contributed by atoms with E-state index < -0.39 is 35.5 Å². The van der Waals surface area contributed by atoms with Crippen LogP contribution in [0.4, 0.5) is 23.7 Å². The summed E-state index contributed by atoms with van der Waals surface area (Å²) in [4.78, 5) is 45.3. The SMILES string of the molecule is N/N=C(\NN)NC(=O)c1ccc(CN2C(=O)N(c3ccc(OC(F)(F)F)cc3)C(=O)C23CCN(Cc2ccccc2)CC3)cc1. The van der Waals surface area contributed by atoms with Crippen molar-refractivity contribution < 1.29 is 32.3 Å². The Hall–Kier alpha value is -5.15. The zero-order valence-electron chi connectivity index (χ0n) is 24.0. The molecule has 2 aliphatic heterocycles. The van der Waals surface area contributed by atoms with Gasteiger partial charge in [-0.05, 0) is 60.4 Å². The number of anilines is 1. The second kappa shape index (κ2) is 12.8. The molecular weight excluding hydrogens is 593 g/mol. The van der Waals surface area contributed by atoms with Crippen LogP contribution in [-0.4, -0.2) is 58.6 Å². The Morgan fingerprint density at radius 1 is 0.911 bits per heavy atom. The minimum Gasteiger partial charge on any atom is -0.406 e. The number of imide groups is 1. The Balaban J connectivity index is 1.39. The predicted molar refractivity (Wildman–Crippen MR) is 158 cm³/mol. The number of rotatable bonds is 7. The van der Waals surface area contributed by atoms with Crippen LogP contribution in [0.25, 0.3) is 0 Å². The van der Waals surface area contributed by atoms with Gasteiger partial charge in [-0.3, -0.25) is 25.2 Å². The molecule has 12 nitrogen and oxygen atoms in total. The van der Waals surface area contributed by atoms with Gasteiger partial charge in [-0.1, -0.05) is 42.5 Å². The lowest BCUT2D eigenvalue weighted by Gasteiger charge is -2.42. The Labute approximate surface area is 256 Å². The maximum Gasteiger partial charge on any atom is 0.573 e. The largest absolute Gasteiger partial charge is 0.573 e. The first kappa shape index (κ1) is 31.3. The zero-order valence-corrected chi connectivity index (χ0v) is 24.0. The summed E-state index contributed by atoms with van der Waals surface area (Å²) in [6.07, 6.45) is -4.18. The van der Waals surface area contributed by atoms with Crippen LogP contribution in [0.2, 0.25) is 0 Å². The highest BCUT2D eigenvalue weighted by Crippen LogP contribution is 2.41. The number of piperidine rings is 1. The fourth-order valence-corrected chi connectivity index (χ4v) is 5.59. The number of hydrogen-bond acceptors (Lipinski definition) is 8. The lowest BCUT2D eigenvalue weighted by molar-refractivity contribution is -0.274. The Kier molecular flexibility index (Phi) is 8.92. The second-order valence-corrected chi connectivity index (χ2v) is 10.6. The molecule has 236 valence electrons. The standard InChI is InChI=1S/C30H31F3N8O4/c31-30(32,33)45-24-12-10-23(11-13-24)41-26(43)29(14-16-39(17-15-29)18-20-4-2-1-3-5-20)40(28(41)44)19-21-6-8-22(9-7-21)25(42)36-27(37-34)38-35/h1-13H,14-19,34-35H2,(H2,36,37,38,42). The number of amides is 4. The Bertz CT molecular complexity index is 1560. The molecule has 0 aliphatic carbocycles. The normalized spacial score (nSPS) is 17.1. The molecule has 5 rings (SSSR count). The molecule has 45 heavy (non-hydrogen) atoms. The topological polar surface area (TPSA) is 159 Å². The molecule has 2 saturated heterocycles. The third kappa shape index (κ3) is 6.84. The number of guanidine groups is 1. The maximum atomic E-state index is 14.1. The van der Waals surface area contributed by atoms with Gasteiger partial charge < -0.3 is 15.5 Å². The first-order chi connectivity index (χ1) is 21.5. The fraction of sp³-hybridized carbons (Fsp3) is 0.267. The van der Waals surface area contributed by atoms with E-state index in [9.17, 15) is 27.6 Å². The lowest BCUT2D eigenvalue weighted by Crippen LogP contribution is -2.56. The Morgan fingerprint density at radius 3 is 2.11 bits per heavy atom. The molecule has 1 spiro atoms. The van der Waals surface area contributed by atoms with Crippen LogP contribution in [0.15, 0.2) is 84.0 Å². The summed E-state index contributed by atoms with van der Waals surface area (Å²) >= 11 is 0. The quantitative estimate of drug-likeness (QED) is 0.103. The second-order valence-electron chi connectivity index (χ2n) is 10.6. The average molecular weight is 625 g/mol. The number of benzene rings is 3. The van der Waals surface area contributed by atoms with E-state index in [1.807, 2.05) is 30.3 Å². The van der Waals surface area contributed by atoms with E-state index in [-0.39, 0.29) is 23.8 Å². The number of carbonyl (C=O) groups excluding carboxylic acids is 3. The summed E-state index contributed by atoms with van der Waals surface area (Å²) in [6.45, 7) is 1.81. The maximum absolute atomic E-state index is 14.1. The van der Waals surface area contributed by atoms with E-state index in [1.54, 1.807) is 24.3 Å². The number of halogens is 3. The third-order valence-corrected chi connectivity index (χ3v) is 7.86. The summed E-state index contributed by atoms with van der Waals surface area (Å²) in [5, 5.41) is 5.71. The number of likely N-dealkylation sites (tertiary alicyclic amines) is 1. The molecule has 4 amide bonds. The van der Waals surface area contributed by atoms with Gasteiger partial charge in [0.15, 0.2) is 0 Å². The van der Waals surface area contributed by atoms with Crippen LogP contribution >= 0.6 is 0 Å². The molecule has 15 heteroatoms. The highest BCUT2D eigenvalue weighted by molar-refractivity contribution is 6.23. The van der Waals surface area contributed by atoms with E-state index in [2.05, 4.69) is 25.5 Å². The number of ether oxygens (including phenoxy) is 1. The van der Waals surface area contributed by atoms with Gasteiger partial charge in [-0.15, -0.1) is 18.3 Å². The van der Waals surface area contributed by atoms with Crippen LogP contribution in [0.3, 0.4) is 0 Å². The van der Waals surface area contributed by atoms with E-state index in [0.29, 0.717) is 38.0 Å². The third-order valence-electron chi connectivity index (χ3n) is 7.86. The molecule has 0 radical (unpaired) electrons. The molecule has 0 unspecified atom stereocenters. The fourth-order valence-electron chi connectivity index (χ4n) is 5.59. The zero-order chi connectivity index (χ0) is 32.2. The highest BCUT2D eigenvalue weighted by atomic mass is 19.4. The molecule has 0 atom stereocenters. The van der Waals surface area contributed by atoms with Crippen molar-refractivity contribution in [3.8, 4) is 5.75 Å². The summed E-state index contributed by atoms with van der Waals surface area (Å²) < 4.78 is 42.0. The number of nitrogens with zero attached hydrogens (tertiary/aromatic N) is 4. The first-order valence-corrected chi connectivity index (χ1v) is 14.0. The van der Waals surface area contributed by atoms with Crippen LogP contribution < -0.4 is 32.1 Å². The smallest absolute Gasteiger partial charge is 0.406 e. The minimum absolute atomic E-state index is 0.0524. The van der Waals surface area contributed by atoms with Gasteiger partial charge in [0.05, 0.1) is 5.69 Å². The van der Waals surface area contributed by atoms with Gasteiger partial charge in [-0.2, -0.15) is 0 Å². The summed E-state index contributed by atoms with van der Waals surface area (Å²) in [5.41, 5.74) is 3.15. The number of urea groups is 1. The van der Waals surface area contributed by atoms with Crippen LogP contribution in [0.1, 0.15) is 34.3 Å². The molecule has 3 aromatic carbocycles. The van der Waals surface area contributed by atoms with Crippen molar-refractivity contribution in [2.24, 2.45) is 16.8 Å². The average Bonchev–Trinajstić information content (AvgIpc) is 3.22. The van der Waals surface area contributed by atoms with Gasteiger partial charge in [0.2, 0.25) is 5.96 Å². The molecule has 3 aromatic rings. The van der Waals surface area contributed by atoms with E-state index >= 15 is 0 Å². The van der Waals surface area contributed by atoms with Crippen molar-refractivity contribution in [1.82, 2.24) is 20.5 Å². The number of hydrogen-bond donors (Lipinski definition) is 4. The van der Waals surface area contributed by atoms with Crippen molar-refractivity contribution >= 4 is 29.5 Å². The summed E-state index contributed by atoms with van der Waals surface area (Å²) in [7, 11) is 0. The monoisotopic (exact) mass is 624 g/mol. The van der Waals surface area contributed by atoms with Crippen LogP contribution in [-0.2, 0) is 17.9 Å². The van der Waals surface area contributed by atoms with Crippen molar-refractivity contribution in [2.75, 3.05) is 18.0 Å². The van der Waals surface area contributed by atoms with Crippen molar-refractivity contribution in [1.29, 1.82) is 0 Å². The summed E-state index contributed by atoms with van der Waals surface area (Å²) in [5.74, 6) is 8.83. The first-order valence-electron chi connectivity index (χ1n) is 14.0. The van der Waals surface area contributed by atoms with Crippen molar-refractivity contribution in [2.45, 2.75) is 37.8 Å². The van der Waals surface area contributed by atoms with Crippen LogP contribution in [0.5, 0.6) is 5.75 Å². The molecule has 0 aromatic heterocycles. The lowest BCUT2D eigenvalue weighted by atomic mass is 9.85. The number of hydrazone groups is 1.